The minimum absolute atomic E-state index is 0.0876. The van der Waals surface area contributed by atoms with Gasteiger partial charge in [-0.25, -0.2) is 4.98 Å². The third-order valence-electron chi connectivity index (χ3n) is 3.05. The summed E-state index contributed by atoms with van der Waals surface area (Å²) in [4.78, 5) is 20.7. The number of rotatable bonds is 4. The van der Waals surface area contributed by atoms with Crippen molar-refractivity contribution in [1.29, 1.82) is 0 Å². The molecule has 0 radical (unpaired) electrons. The first-order chi connectivity index (χ1) is 7.83. The summed E-state index contributed by atoms with van der Waals surface area (Å²) in [7, 11) is 0. The maximum atomic E-state index is 11.7. The van der Waals surface area contributed by atoms with Gasteiger partial charge in [0.25, 0.3) is 5.56 Å². The smallest absolute Gasteiger partial charge is 0.290 e. The van der Waals surface area contributed by atoms with Gasteiger partial charge in [-0.15, -0.1) is 0 Å². The number of anilines is 1. The molecule has 1 N–H and O–H groups in total. The van der Waals surface area contributed by atoms with Crippen LogP contribution in [0.25, 0.3) is 0 Å². The topological polar surface area (TPSA) is 49.0 Å². The van der Waals surface area contributed by atoms with E-state index in [-0.39, 0.29) is 5.56 Å². The maximum Gasteiger partial charge on any atom is 0.290 e. The minimum Gasteiger partial charge on any atom is -0.348 e. The van der Waals surface area contributed by atoms with Crippen LogP contribution in [0.4, 0.5) is 5.82 Å². The summed E-state index contributed by atoms with van der Waals surface area (Å²) < 4.78 is 0. The highest BCUT2D eigenvalue weighted by atomic mass is 79.9. The van der Waals surface area contributed by atoms with Crippen molar-refractivity contribution < 1.29 is 0 Å². The third kappa shape index (κ3) is 2.45. The predicted molar refractivity (Wildman–Crippen MR) is 68.3 cm³/mol. The van der Waals surface area contributed by atoms with Crippen molar-refractivity contribution in [3.63, 3.8) is 0 Å². The molecule has 0 aliphatic heterocycles. The number of aromatic amines is 1. The lowest BCUT2D eigenvalue weighted by Gasteiger charge is -2.28. The van der Waals surface area contributed by atoms with Crippen LogP contribution in [0.5, 0.6) is 0 Å². The van der Waals surface area contributed by atoms with Gasteiger partial charge in [0, 0.05) is 30.3 Å². The highest BCUT2D eigenvalue weighted by Gasteiger charge is 2.24. The van der Waals surface area contributed by atoms with Crippen molar-refractivity contribution in [3.05, 3.63) is 22.7 Å². The lowest BCUT2D eigenvalue weighted by atomic mass is 10.2. The lowest BCUT2D eigenvalue weighted by Crippen LogP contribution is -2.39. The van der Waals surface area contributed by atoms with E-state index in [2.05, 4.69) is 30.8 Å². The molecular weight excluding hydrogens is 270 g/mol. The molecule has 1 saturated carbocycles. The fourth-order valence-electron chi connectivity index (χ4n) is 2.32. The SMILES string of the molecule is O=c1[nH]ccnc1N(CCBr)C1CCCC1. The predicted octanol–water partition coefficient (Wildman–Crippen LogP) is 1.91. The van der Waals surface area contributed by atoms with Crippen molar-refractivity contribution in [2.45, 2.75) is 31.7 Å². The Morgan fingerprint density at radius 1 is 1.50 bits per heavy atom. The molecule has 0 bridgehead atoms. The molecule has 1 aliphatic rings. The van der Waals surface area contributed by atoms with E-state index in [1.54, 1.807) is 12.4 Å². The summed E-state index contributed by atoms with van der Waals surface area (Å²) in [6.07, 6.45) is 8.08. The third-order valence-corrected chi connectivity index (χ3v) is 3.41. The quantitative estimate of drug-likeness (QED) is 0.860. The van der Waals surface area contributed by atoms with Crippen LogP contribution in [0.2, 0.25) is 0 Å². The lowest BCUT2D eigenvalue weighted by molar-refractivity contribution is 0.612. The standard InChI is InChI=1S/C11H16BrN3O/c12-5-8-15(9-3-1-2-4-9)10-11(16)14-7-6-13-10/h6-7,9H,1-5,8H2,(H,14,16). The molecule has 1 fully saturated rings. The molecule has 0 atom stereocenters. The fourth-order valence-corrected chi connectivity index (χ4v) is 2.70. The van der Waals surface area contributed by atoms with Gasteiger partial charge in [0.15, 0.2) is 5.82 Å². The number of halogens is 1. The Kier molecular flexibility index (Phi) is 3.98. The molecular formula is C11H16BrN3O. The molecule has 0 spiro atoms. The van der Waals surface area contributed by atoms with Gasteiger partial charge in [0.1, 0.15) is 0 Å². The van der Waals surface area contributed by atoms with Gasteiger partial charge in [-0.05, 0) is 12.8 Å². The van der Waals surface area contributed by atoms with Crippen LogP contribution in [-0.4, -0.2) is 27.9 Å². The highest BCUT2D eigenvalue weighted by molar-refractivity contribution is 9.09. The Bertz CT molecular complexity index is 387. The second kappa shape index (κ2) is 5.48. The molecule has 88 valence electrons. The first-order valence-corrected chi connectivity index (χ1v) is 6.81. The molecule has 0 aromatic carbocycles. The first-order valence-electron chi connectivity index (χ1n) is 5.69. The fraction of sp³-hybridized carbons (Fsp3) is 0.636. The van der Waals surface area contributed by atoms with Crippen molar-refractivity contribution in [1.82, 2.24) is 9.97 Å². The van der Waals surface area contributed by atoms with Gasteiger partial charge in [0.05, 0.1) is 0 Å². The van der Waals surface area contributed by atoms with E-state index in [4.69, 9.17) is 0 Å². The minimum atomic E-state index is -0.0876. The molecule has 1 aliphatic carbocycles. The average Bonchev–Trinajstić information content (AvgIpc) is 2.80. The van der Waals surface area contributed by atoms with Crippen LogP contribution in [0.15, 0.2) is 17.2 Å². The van der Waals surface area contributed by atoms with Crippen LogP contribution < -0.4 is 10.5 Å². The molecule has 1 aromatic heterocycles. The largest absolute Gasteiger partial charge is 0.348 e. The number of H-pyrrole nitrogens is 1. The molecule has 1 aromatic rings. The summed E-state index contributed by atoms with van der Waals surface area (Å²) in [5.74, 6) is 0.564. The zero-order valence-corrected chi connectivity index (χ0v) is 10.7. The highest BCUT2D eigenvalue weighted by Crippen LogP contribution is 2.25. The number of aromatic nitrogens is 2. The van der Waals surface area contributed by atoms with E-state index in [0.29, 0.717) is 11.9 Å². The average molecular weight is 286 g/mol. The molecule has 1 heterocycles. The van der Waals surface area contributed by atoms with E-state index in [1.807, 2.05) is 0 Å². The Morgan fingerprint density at radius 3 is 2.88 bits per heavy atom. The number of hydrogen-bond acceptors (Lipinski definition) is 3. The molecule has 5 heteroatoms. The van der Waals surface area contributed by atoms with E-state index in [0.717, 1.165) is 11.9 Å². The second-order valence-corrected chi connectivity index (χ2v) is 4.86. The molecule has 4 nitrogen and oxygen atoms in total. The number of alkyl halides is 1. The van der Waals surface area contributed by atoms with Gasteiger partial charge in [-0.3, -0.25) is 4.79 Å². The number of nitrogens with zero attached hydrogens (tertiary/aromatic N) is 2. The van der Waals surface area contributed by atoms with Gasteiger partial charge in [-0.2, -0.15) is 0 Å². The zero-order chi connectivity index (χ0) is 11.4. The molecule has 0 amide bonds. The van der Waals surface area contributed by atoms with Gasteiger partial charge in [-0.1, -0.05) is 28.8 Å². The van der Waals surface area contributed by atoms with Crippen molar-refractivity contribution in [3.8, 4) is 0 Å². The summed E-state index contributed by atoms with van der Waals surface area (Å²) in [5, 5.41) is 0.861. The number of hydrogen-bond donors (Lipinski definition) is 1. The van der Waals surface area contributed by atoms with Crippen LogP contribution in [0.1, 0.15) is 25.7 Å². The van der Waals surface area contributed by atoms with E-state index < -0.39 is 0 Å². The summed E-state index contributed by atoms with van der Waals surface area (Å²) in [6.45, 7) is 0.838. The number of nitrogens with one attached hydrogen (secondary N) is 1. The van der Waals surface area contributed by atoms with Crippen LogP contribution in [0, 0.1) is 0 Å². The Balaban J connectivity index is 2.24. The molecule has 16 heavy (non-hydrogen) atoms. The van der Waals surface area contributed by atoms with Crippen molar-refractivity contribution >= 4 is 21.7 Å². The van der Waals surface area contributed by atoms with Crippen LogP contribution >= 0.6 is 15.9 Å². The van der Waals surface area contributed by atoms with Crippen LogP contribution in [0.3, 0.4) is 0 Å². The van der Waals surface area contributed by atoms with Gasteiger partial charge >= 0.3 is 0 Å². The van der Waals surface area contributed by atoms with Crippen molar-refractivity contribution in [2.24, 2.45) is 0 Å². The normalized spacial score (nSPS) is 16.6. The molecule has 0 unspecified atom stereocenters. The monoisotopic (exact) mass is 285 g/mol. The second-order valence-electron chi connectivity index (χ2n) is 4.06. The molecule has 2 rings (SSSR count). The Labute approximate surface area is 103 Å². The Morgan fingerprint density at radius 2 is 2.25 bits per heavy atom. The maximum absolute atomic E-state index is 11.7. The molecule has 0 saturated heterocycles. The van der Waals surface area contributed by atoms with Gasteiger partial charge in [0.2, 0.25) is 0 Å². The van der Waals surface area contributed by atoms with Gasteiger partial charge < -0.3 is 9.88 Å². The Hall–Kier alpha value is -0.840. The summed E-state index contributed by atoms with van der Waals surface area (Å²) in [5.41, 5.74) is -0.0876. The summed E-state index contributed by atoms with van der Waals surface area (Å²) >= 11 is 3.44. The van der Waals surface area contributed by atoms with Crippen LogP contribution in [-0.2, 0) is 0 Å². The van der Waals surface area contributed by atoms with E-state index in [1.165, 1.54) is 25.7 Å². The first kappa shape index (κ1) is 11.6. The zero-order valence-electron chi connectivity index (χ0n) is 9.16. The van der Waals surface area contributed by atoms with Crippen molar-refractivity contribution in [2.75, 3.05) is 16.8 Å². The summed E-state index contributed by atoms with van der Waals surface area (Å²) in [6, 6.07) is 0.480. The van der Waals surface area contributed by atoms with E-state index >= 15 is 0 Å². The van der Waals surface area contributed by atoms with E-state index in [9.17, 15) is 4.79 Å².